The number of anilines is 1. The molecule has 2 aromatic rings. The van der Waals surface area contributed by atoms with Crippen molar-refractivity contribution in [2.24, 2.45) is 0 Å². The molecule has 1 heterocycles. The zero-order chi connectivity index (χ0) is 17.5. The predicted octanol–water partition coefficient (Wildman–Crippen LogP) is 5.83. The summed E-state index contributed by atoms with van der Waals surface area (Å²) in [4.78, 5) is 9.85. The molecule has 3 nitrogen and oxygen atoms in total. The summed E-state index contributed by atoms with van der Waals surface area (Å²) < 4.78 is 0. The smallest absolute Gasteiger partial charge is 0.148 e. The van der Waals surface area contributed by atoms with E-state index in [1.807, 2.05) is 12.1 Å². The van der Waals surface area contributed by atoms with Gasteiger partial charge in [0.05, 0.1) is 17.1 Å². The number of aromatic nitrogens is 2. The summed E-state index contributed by atoms with van der Waals surface area (Å²) >= 11 is 6.10. The Labute approximate surface area is 150 Å². The molecule has 1 N–H and O–H groups in total. The number of rotatable bonds is 8. The van der Waals surface area contributed by atoms with Crippen LogP contribution in [0.15, 0.2) is 18.2 Å². The van der Waals surface area contributed by atoms with Gasteiger partial charge < -0.3 is 5.32 Å². The van der Waals surface area contributed by atoms with E-state index in [2.05, 4.69) is 39.1 Å². The number of benzene rings is 1. The van der Waals surface area contributed by atoms with Crippen molar-refractivity contribution in [1.82, 2.24) is 9.97 Å². The maximum Gasteiger partial charge on any atom is 0.148 e. The molecule has 4 heteroatoms. The standard InChI is InChI=1S/C20H28ClN3/c1-5-8-9-12-22-20-18(7-3)23-19(17(6-2)24-20)16-11-10-15(21)13-14(16)4/h10-11,13H,5-9,12H2,1-4H3,(H,22,24). The third-order valence-corrected chi connectivity index (χ3v) is 4.46. The van der Waals surface area contributed by atoms with E-state index < -0.39 is 0 Å². The van der Waals surface area contributed by atoms with Crippen molar-refractivity contribution < 1.29 is 0 Å². The van der Waals surface area contributed by atoms with Crippen molar-refractivity contribution in [3.8, 4) is 11.3 Å². The van der Waals surface area contributed by atoms with Crippen LogP contribution in [0.4, 0.5) is 5.82 Å². The highest BCUT2D eigenvalue weighted by Crippen LogP contribution is 2.29. The Morgan fingerprint density at radius 1 is 1.00 bits per heavy atom. The van der Waals surface area contributed by atoms with Crippen LogP contribution in [0.25, 0.3) is 11.3 Å². The summed E-state index contributed by atoms with van der Waals surface area (Å²) in [5.74, 6) is 0.945. The van der Waals surface area contributed by atoms with E-state index in [4.69, 9.17) is 21.6 Å². The fourth-order valence-electron chi connectivity index (χ4n) is 2.83. The summed E-state index contributed by atoms with van der Waals surface area (Å²) in [5.41, 5.74) is 5.32. The number of halogens is 1. The average molecular weight is 346 g/mol. The van der Waals surface area contributed by atoms with Gasteiger partial charge in [0.1, 0.15) is 5.82 Å². The van der Waals surface area contributed by atoms with Crippen molar-refractivity contribution in [3.05, 3.63) is 40.2 Å². The highest BCUT2D eigenvalue weighted by atomic mass is 35.5. The molecule has 0 saturated heterocycles. The van der Waals surface area contributed by atoms with Gasteiger partial charge >= 0.3 is 0 Å². The second kappa shape index (κ2) is 9.03. The molecule has 0 spiro atoms. The van der Waals surface area contributed by atoms with Crippen molar-refractivity contribution in [2.45, 2.75) is 59.8 Å². The van der Waals surface area contributed by atoms with Crippen LogP contribution in [0.1, 0.15) is 57.0 Å². The molecule has 0 aliphatic heterocycles. The molecular formula is C20H28ClN3. The van der Waals surface area contributed by atoms with Crippen molar-refractivity contribution in [1.29, 1.82) is 0 Å². The lowest BCUT2D eigenvalue weighted by Crippen LogP contribution is -2.11. The topological polar surface area (TPSA) is 37.8 Å². The normalized spacial score (nSPS) is 10.9. The summed E-state index contributed by atoms with van der Waals surface area (Å²) in [5, 5.41) is 4.24. The van der Waals surface area contributed by atoms with Gasteiger partial charge in [0, 0.05) is 17.1 Å². The monoisotopic (exact) mass is 345 g/mol. The first-order valence-electron chi connectivity index (χ1n) is 9.00. The SMILES string of the molecule is CCCCCNc1nc(CC)c(-c2ccc(Cl)cc2C)nc1CC. The van der Waals surface area contributed by atoms with Gasteiger partial charge in [0.2, 0.25) is 0 Å². The molecule has 0 saturated carbocycles. The van der Waals surface area contributed by atoms with Crippen LogP contribution < -0.4 is 5.32 Å². The van der Waals surface area contributed by atoms with Crippen LogP contribution in [0.5, 0.6) is 0 Å². The van der Waals surface area contributed by atoms with E-state index >= 15 is 0 Å². The number of unbranched alkanes of at least 4 members (excludes halogenated alkanes) is 2. The van der Waals surface area contributed by atoms with Crippen LogP contribution in [-0.4, -0.2) is 16.5 Å². The molecule has 0 aliphatic carbocycles. The molecular weight excluding hydrogens is 318 g/mol. The van der Waals surface area contributed by atoms with Crippen LogP contribution in [0.2, 0.25) is 5.02 Å². The molecule has 0 atom stereocenters. The number of hydrogen-bond acceptors (Lipinski definition) is 3. The molecule has 130 valence electrons. The van der Waals surface area contributed by atoms with Gasteiger partial charge in [-0.25, -0.2) is 9.97 Å². The maximum absolute atomic E-state index is 6.10. The van der Waals surface area contributed by atoms with Gasteiger partial charge in [-0.15, -0.1) is 0 Å². The molecule has 24 heavy (non-hydrogen) atoms. The summed E-state index contributed by atoms with van der Waals surface area (Å²) in [6.45, 7) is 9.51. The Morgan fingerprint density at radius 3 is 2.38 bits per heavy atom. The first kappa shape index (κ1) is 18.7. The van der Waals surface area contributed by atoms with E-state index in [0.29, 0.717) is 0 Å². The third kappa shape index (κ3) is 4.47. The Kier molecular flexibility index (Phi) is 7.04. The molecule has 0 fully saturated rings. The average Bonchev–Trinajstić information content (AvgIpc) is 2.58. The maximum atomic E-state index is 6.10. The fraction of sp³-hybridized carbons (Fsp3) is 0.500. The van der Waals surface area contributed by atoms with Gasteiger partial charge in [-0.1, -0.05) is 51.3 Å². The minimum atomic E-state index is 0.757. The van der Waals surface area contributed by atoms with Gasteiger partial charge in [-0.3, -0.25) is 0 Å². The lowest BCUT2D eigenvalue weighted by Gasteiger charge is -2.16. The minimum Gasteiger partial charge on any atom is -0.369 e. The fourth-order valence-corrected chi connectivity index (χ4v) is 3.06. The van der Waals surface area contributed by atoms with Gasteiger partial charge in [0.15, 0.2) is 0 Å². The minimum absolute atomic E-state index is 0.757. The van der Waals surface area contributed by atoms with Crippen molar-refractivity contribution in [3.63, 3.8) is 0 Å². The summed E-state index contributed by atoms with van der Waals surface area (Å²) in [7, 11) is 0. The number of nitrogens with zero attached hydrogens (tertiary/aromatic N) is 2. The molecule has 2 rings (SSSR count). The molecule has 0 aliphatic rings. The van der Waals surface area contributed by atoms with Crippen LogP contribution in [0, 0.1) is 6.92 Å². The highest BCUT2D eigenvalue weighted by molar-refractivity contribution is 6.30. The van der Waals surface area contributed by atoms with E-state index in [1.54, 1.807) is 0 Å². The number of nitrogens with one attached hydrogen (secondary N) is 1. The van der Waals surface area contributed by atoms with Gasteiger partial charge in [0.25, 0.3) is 0 Å². The quantitative estimate of drug-likeness (QED) is 0.611. The number of aryl methyl sites for hydroxylation is 3. The highest BCUT2D eigenvalue weighted by Gasteiger charge is 2.15. The third-order valence-electron chi connectivity index (χ3n) is 4.23. The second-order valence-electron chi connectivity index (χ2n) is 6.11. The Balaban J connectivity index is 2.38. The lowest BCUT2D eigenvalue weighted by atomic mass is 10.0. The van der Waals surface area contributed by atoms with Gasteiger partial charge in [-0.2, -0.15) is 0 Å². The van der Waals surface area contributed by atoms with Crippen LogP contribution in [-0.2, 0) is 12.8 Å². The summed E-state index contributed by atoms with van der Waals surface area (Å²) in [6.07, 6.45) is 5.36. The molecule has 0 unspecified atom stereocenters. The van der Waals surface area contributed by atoms with E-state index in [1.165, 1.54) is 19.3 Å². The molecule has 0 bridgehead atoms. The van der Waals surface area contributed by atoms with E-state index in [9.17, 15) is 0 Å². The zero-order valence-electron chi connectivity index (χ0n) is 15.2. The van der Waals surface area contributed by atoms with Gasteiger partial charge in [-0.05, 0) is 43.9 Å². The van der Waals surface area contributed by atoms with Crippen molar-refractivity contribution >= 4 is 17.4 Å². The Hall–Kier alpha value is -1.61. The molecule has 1 aromatic heterocycles. The predicted molar refractivity (Wildman–Crippen MR) is 104 cm³/mol. The first-order chi connectivity index (χ1) is 11.6. The zero-order valence-corrected chi connectivity index (χ0v) is 16.0. The molecule has 1 aromatic carbocycles. The Bertz CT molecular complexity index is 683. The van der Waals surface area contributed by atoms with E-state index in [-0.39, 0.29) is 0 Å². The number of hydrogen-bond donors (Lipinski definition) is 1. The molecule has 0 amide bonds. The van der Waals surface area contributed by atoms with Crippen LogP contribution >= 0.6 is 11.6 Å². The van der Waals surface area contributed by atoms with Crippen molar-refractivity contribution in [2.75, 3.05) is 11.9 Å². The second-order valence-corrected chi connectivity index (χ2v) is 6.55. The first-order valence-corrected chi connectivity index (χ1v) is 9.38. The van der Waals surface area contributed by atoms with E-state index in [0.717, 1.165) is 58.4 Å². The Morgan fingerprint density at radius 2 is 1.75 bits per heavy atom. The van der Waals surface area contributed by atoms with Crippen LogP contribution in [0.3, 0.4) is 0 Å². The molecule has 0 radical (unpaired) electrons. The summed E-state index contributed by atoms with van der Waals surface area (Å²) in [6, 6.07) is 5.96. The lowest BCUT2D eigenvalue weighted by molar-refractivity contribution is 0.740. The largest absolute Gasteiger partial charge is 0.369 e.